The Balaban J connectivity index is 1.71. The van der Waals surface area contributed by atoms with Crippen molar-refractivity contribution in [3.05, 3.63) is 30.5 Å². The second-order valence-electron chi connectivity index (χ2n) is 6.16. The normalized spacial score (nSPS) is 11.2. The third-order valence-corrected chi connectivity index (χ3v) is 4.48. The number of benzene rings is 1. The molecule has 138 valence electrons. The van der Waals surface area contributed by atoms with Gasteiger partial charge in [0, 0.05) is 24.2 Å². The molecule has 0 unspecified atom stereocenters. The van der Waals surface area contributed by atoms with Crippen molar-refractivity contribution in [1.82, 2.24) is 15.2 Å². The maximum atomic E-state index is 5.39. The van der Waals surface area contributed by atoms with E-state index in [2.05, 4.69) is 40.4 Å². The molecule has 0 radical (unpaired) electrons. The summed E-state index contributed by atoms with van der Waals surface area (Å²) in [5.41, 5.74) is 2.03. The summed E-state index contributed by atoms with van der Waals surface area (Å²) in [6.07, 6.45) is 4.12. The molecule has 0 saturated heterocycles. The van der Waals surface area contributed by atoms with Crippen LogP contribution in [0, 0.1) is 0 Å². The Kier molecular flexibility index (Phi) is 8.49. The highest BCUT2D eigenvalue weighted by atomic mass is 16.5. The molecule has 2 N–H and O–H groups in total. The van der Waals surface area contributed by atoms with Crippen molar-refractivity contribution in [2.24, 2.45) is 0 Å². The summed E-state index contributed by atoms with van der Waals surface area (Å²) in [5, 5.41) is 8.12. The third kappa shape index (κ3) is 6.18. The van der Waals surface area contributed by atoms with Crippen LogP contribution >= 0.6 is 0 Å². The standard InChI is InChI=1S/C20H32N4O/c1-4-24(5-2)14-8-11-21-10-7-13-22-19-16-18(25-3)15-17-9-6-12-23-20(17)19/h6,9,12,15-16,21-22H,4-5,7-8,10-11,13-14H2,1-3H3. The lowest BCUT2D eigenvalue weighted by molar-refractivity contribution is 0.298. The minimum Gasteiger partial charge on any atom is -0.497 e. The molecule has 1 aromatic heterocycles. The zero-order chi connectivity index (χ0) is 17.9. The highest BCUT2D eigenvalue weighted by Crippen LogP contribution is 2.27. The lowest BCUT2D eigenvalue weighted by Gasteiger charge is -2.17. The van der Waals surface area contributed by atoms with Crippen molar-refractivity contribution >= 4 is 16.6 Å². The summed E-state index contributed by atoms with van der Waals surface area (Å²) in [6, 6.07) is 8.05. The molecule has 0 atom stereocenters. The fourth-order valence-electron chi connectivity index (χ4n) is 2.95. The van der Waals surface area contributed by atoms with Crippen LogP contribution in [-0.4, -0.2) is 56.3 Å². The van der Waals surface area contributed by atoms with E-state index in [-0.39, 0.29) is 0 Å². The minimum absolute atomic E-state index is 0.859. The first kappa shape index (κ1) is 19.5. The Morgan fingerprint density at radius 3 is 2.64 bits per heavy atom. The lowest BCUT2D eigenvalue weighted by atomic mass is 10.1. The van der Waals surface area contributed by atoms with E-state index < -0.39 is 0 Å². The average Bonchev–Trinajstić information content (AvgIpc) is 2.66. The van der Waals surface area contributed by atoms with E-state index in [4.69, 9.17) is 4.74 Å². The monoisotopic (exact) mass is 344 g/mol. The topological polar surface area (TPSA) is 49.4 Å². The molecule has 0 bridgehead atoms. The van der Waals surface area contributed by atoms with Gasteiger partial charge in [-0.25, -0.2) is 0 Å². The summed E-state index contributed by atoms with van der Waals surface area (Å²) in [6.45, 7) is 10.9. The van der Waals surface area contributed by atoms with Gasteiger partial charge in [-0.15, -0.1) is 0 Å². The smallest absolute Gasteiger partial charge is 0.121 e. The molecule has 1 aromatic carbocycles. The van der Waals surface area contributed by atoms with Gasteiger partial charge in [0.1, 0.15) is 5.75 Å². The van der Waals surface area contributed by atoms with Crippen molar-refractivity contribution in [3.63, 3.8) is 0 Å². The number of anilines is 1. The van der Waals surface area contributed by atoms with E-state index in [9.17, 15) is 0 Å². The number of nitrogens with one attached hydrogen (secondary N) is 2. The fraction of sp³-hybridized carbons (Fsp3) is 0.550. The van der Waals surface area contributed by atoms with Gasteiger partial charge in [-0.05, 0) is 57.7 Å². The minimum atomic E-state index is 0.859. The number of hydrogen-bond acceptors (Lipinski definition) is 5. The number of nitrogens with zero attached hydrogens (tertiary/aromatic N) is 2. The molecular weight excluding hydrogens is 312 g/mol. The predicted octanol–water partition coefficient (Wildman–Crippen LogP) is 3.37. The molecular formula is C20H32N4O. The van der Waals surface area contributed by atoms with Crippen molar-refractivity contribution < 1.29 is 4.74 Å². The van der Waals surface area contributed by atoms with Crippen LogP contribution in [-0.2, 0) is 0 Å². The Hall–Kier alpha value is -1.85. The Bertz CT molecular complexity index is 628. The van der Waals surface area contributed by atoms with Crippen LogP contribution in [0.4, 0.5) is 5.69 Å². The third-order valence-electron chi connectivity index (χ3n) is 4.48. The molecule has 0 spiro atoms. The highest BCUT2D eigenvalue weighted by Gasteiger charge is 2.05. The van der Waals surface area contributed by atoms with E-state index in [0.717, 1.165) is 61.5 Å². The van der Waals surface area contributed by atoms with Crippen LogP contribution in [0.15, 0.2) is 30.5 Å². The summed E-state index contributed by atoms with van der Waals surface area (Å²) in [5.74, 6) is 0.859. The van der Waals surface area contributed by atoms with E-state index in [1.54, 1.807) is 7.11 Å². The number of hydrogen-bond donors (Lipinski definition) is 2. The van der Waals surface area contributed by atoms with Gasteiger partial charge >= 0.3 is 0 Å². The molecule has 0 aliphatic rings. The molecule has 5 nitrogen and oxygen atoms in total. The van der Waals surface area contributed by atoms with Gasteiger partial charge in [0.25, 0.3) is 0 Å². The Labute approximate surface area is 151 Å². The van der Waals surface area contributed by atoms with Crippen molar-refractivity contribution in [3.8, 4) is 5.75 Å². The van der Waals surface area contributed by atoms with Crippen LogP contribution in [0.2, 0.25) is 0 Å². The highest BCUT2D eigenvalue weighted by molar-refractivity contribution is 5.91. The molecule has 5 heteroatoms. The summed E-state index contributed by atoms with van der Waals surface area (Å²) in [4.78, 5) is 6.95. The van der Waals surface area contributed by atoms with Gasteiger partial charge in [-0.3, -0.25) is 4.98 Å². The van der Waals surface area contributed by atoms with Crippen LogP contribution < -0.4 is 15.4 Å². The summed E-state index contributed by atoms with van der Waals surface area (Å²) >= 11 is 0. The Morgan fingerprint density at radius 1 is 1.08 bits per heavy atom. The van der Waals surface area contributed by atoms with Gasteiger partial charge in [0.05, 0.1) is 18.3 Å². The predicted molar refractivity (Wildman–Crippen MR) is 107 cm³/mol. The largest absolute Gasteiger partial charge is 0.497 e. The average molecular weight is 345 g/mol. The molecule has 1 heterocycles. The van der Waals surface area contributed by atoms with Gasteiger partial charge in [-0.1, -0.05) is 19.9 Å². The maximum Gasteiger partial charge on any atom is 0.121 e. The first-order chi connectivity index (χ1) is 12.3. The molecule has 0 saturated carbocycles. The van der Waals surface area contributed by atoms with Gasteiger partial charge in [0.2, 0.25) is 0 Å². The number of pyridine rings is 1. The fourth-order valence-corrected chi connectivity index (χ4v) is 2.95. The Morgan fingerprint density at radius 2 is 1.88 bits per heavy atom. The van der Waals surface area contributed by atoms with Crippen molar-refractivity contribution in [2.45, 2.75) is 26.7 Å². The van der Waals surface area contributed by atoms with Crippen LogP contribution in [0.1, 0.15) is 26.7 Å². The lowest BCUT2D eigenvalue weighted by Crippen LogP contribution is -2.27. The summed E-state index contributed by atoms with van der Waals surface area (Å²) < 4.78 is 5.39. The van der Waals surface area contributed by atoms with Crippen LogP contribution in [0.5, 0.6) is 5.75 Å². The van der Waals surface area contributed by atoms with E-state index in [0.29, 0.717) is 0 Å². The molecule has 0 aliphatic carbocycles. The molecule has 2 aromatic rings. The van der Waals surface area contributed by atoms with Crippen molar-refractivity contribution in [2.75, 3.05) is 51.7 Å². The second-order valence-corrected chi connectivity index (χ2v) is 6.16. The second kappa shape index (κ2) is 10.9. The SMILES string of the molecule is CCN(CC)CCCNCCCNc1cc(OC)cc2cccnc12. The molecule has 0 amide bonds. The van der Waals surface area contributed by atoms with Gasteiger partial charge < -0.3 is 20.3 Å². The quantitative estimate of drug-likeness (QED) is 0.578. The molecule has 2 rings (SSSR count). The number of methoxy groups -OCH3 is 1. The number of aromatic nitrogens is 1. The zero-order valence-electron chi connectivity index (χ0n) is 15.8. The number of rotatable bonds is 12. The van der Waals surface area contributed by atoms with Gasteiger partial charge in [-0.2, -0.15) is 0 Å². The summed E-state index contributed by atoms with van der Waals surface area (Å²) in [7, 11) is 1.70. The van der Waals surface area contributed by atoms with Gasteiger partial charge in [0.15, 0.2) is 0 Å². The van der Waals surface area contributed by atoms with E-state index in [1.807, 2.05) is 24.4 Å². The molecule has 25 heavy (non-hydrogen) atoms. The first-order valence-electron chi connectivity index (χ1n) is 9.38. The maximum absolute atomic E-state index is 5.39. The van der Waals surface area contributed by atoms with Crippen LogP contribution in [0.3, 0.4) is 0 Å². The molecule has 0 fully saturated rings. The number of ether oxygens (including phenoxy) is 1. The van der Waals surface area contributed by atoms with E-state index in [1.165, 1.54) is 13.0 Å². The van der Waals surface area contributed by atoms with E-state index >= 15 is 0 Å². The molecule has 0 aliphatic heterocycles. The van der Waals surface area contributed by atoms with Crippen LogP contribution in [0.25, 0.3) is 10.9 Å². The van der Waals surface area contributed by atoms with Crippen molar-refractivity contribution in [1.29, 1.82) is 0 Å². The first-order valence-corrected chi connectivity index (χ1v) is 9.38. The zero-order valence-corrected chi connectivity index (χ0v) is 15.8. The number of fused-ring (bicyclic) bond motifs is 1.